The maximum Gasteiger partial charge on any atom is 0.0166 e. The van der Waals surface area contributed by atoms with Gasteiger partial charge in [-0.05, 0) is 39.0 Å². The van der Waals surface area contributed by atoms with Gasteiger partial charge < -0.3 is 5.73 Å². The Morgan fingerprint density at radius 3 is 2.79 bits per heavy atom. The Morgan fingerprint density at radius 2 is 2.29 bits per heavy atom. The van der Waals surface area contributed by atoms with Crippen molar-refractivity contribution in [2.24, 2.45) is 5.73 Å². The molecule has 14 heavy (non-hydrogen) atoms. The molecule has 2 rings (SSSR count). The van der Waals surface area contributed by atoms with Crippen LogP contribution >= 0.6 is 0 Å². The molecule has 1 aliphatic heterocycles. The quantitative estimate of drug-likeness (QED) is 0.695. The summed E-state index contributed by atoms with van der Waals surface area (Å²) in [4.78, 5) is 2.53. The van der Waals surface area contributed by atoms with Crippen LogP contribution in [0.2, 0.25) is 0 Å². The van der Waals surface area contributed by atoms with Gasteiger partial charge >= 0.3 is 0 Å². The Hall–Kier alpha value is -0.340. The van der Waals surface area contributed by atoms with Crippen molar-refractivity contribution in [1.29, 1.82) is 0 Å². The van der Waals surface area contributed by atoms with Gasteiger partial charge in [0, 0.05) is 25.2 Å². The zero-order chi connectivity index (χ0) is 10.0. The van der Waals surface area contributed by atoms with Crippen molar-refractivity contribution < 1.29 is 0 Å². The Morgan fingerprint density at radius 1 is 1.50 bits per heavy atom. The van der Waals surface area contributed by atoms with Gasteiger partial charge in [0.2, 0.25) is 0 Å². The monoisotopic (exact) mass is 194 g/mol. The summed E-state index contributed by atoms with van der Waals surface area (Å²) in [6.07, 6.45) is 8.63. The smallest absolute Gasteiger partial charge is 0.0166 e. The number of hydrogen-bond acceptors (Lipinski definition) is 2. The fourth-order valence-electron chi connectivity index (χ4n) is 2.28. The molecule has 0 radical (unpaired) electrons. The molecule has 1 aliphatic carbocycles. The lowest BCUT2D eigenvalue weighted by atomic mass is 9.75. The van der Waals surface area contributed by atoms with Crippen molar-refractivity contribution in [2.45, 2.75) is 44.6 Å². The Labute approximate surface area is 87.2 Å². The highest BCUT2D eigenvalue weighted by molar-refractivity contribution is 5.04. The van der Waals surface area contributed by atoms with E-state index in [9.17, 15) is 0 Å². The summed E-state index contributed by atoms with van der Waals surface area (Å²) in [6, 6.07) is 0. The molecule has 2 heteroatoms. The van der Waals surface area contributed by atoms with Crippen LogP contribution in [0, 0.1) is 0 Å². The zero-order valence-corrected chi connectivity index (χ0v) is 9.26. The van der Waals surface area contributed by atoms with Gasteiger partial charge in [0.05, 0.1) is 0 Å². The minimum absolute atomic E-state index is 0.205. The topological polar surface area (TPSA) is 29.3 Å². The van der Waals surface area contributed by atoms with Gasteiger partial charge in [0.25, 0.3) is 0 Å². The summed E-state index contributed by atoms with van der Waals surface area (Å²) in [6.45, 7) is 5.80. The molecule has 2 aliphatic rings. The molecule has 0 saturated heterocycles. The number of nitrogens with zero attached hydrogens (tertiary/aromatic N) is 1. The summed E-state index contributed by atoms with van der Waals surface area (Å²) >= 11 is 0. The van der Waals surface area contributed by atoms with Gasteiger partial charge in [-0.15, -0.1) is 0 Å². The Balaban J connectivity index is 1.71. The molecular weight excluding hydrogens is 172 g/mol. The molecule has 1 fully saturated rings. The molecule has 0 aromatic heterocycles. The summed E-state index contributed by atoms with van der Waals surface area (Å²) in [7, 11) is 0. The van der Waals surface area contributed by atoms with Gasteiger partial charge in [-0.25, -0.2) is 0 Å². The number of nitrogens with two attached hydrogens (primary N) is 1. The van der Waals surface area contributed by atoms with Crippen LogP contribution in [0.15, 0.2) is 11.6 Å². The standard InChI is InChI=1S/C12H22N2/c1-11-3-8-14(9-4-11)10-7-12(13)5-2-6-12/h3H,2,4-10,13H2,1H3. The lowest BCUT2D eigenvalue weighted by Crippen LogP contribution is -2.49. The van der Waals surface area contributed by atoms with Crippen molar-refractivity contribution >= 4 is 0 Å². The Kier molecular flexibility index (Phi) is 2.93. The molecule has 0 aromatic rings. The van der Waals surface area contributed by atoms with Crippen LogP contribution in [0.3, 0.4) is 0 Å². The van der Waals surface area contributed by atoms with E-state index in [1.54, 1.807) is 5.57 Å². The van der Waals surface area contributed by atoms with Gasteiger partial charge in [-0.1, -0.05) is 11.6 Å². The first-order valence-corrected chi connectivity index (χ1v) is 5.85. The third kappa shape index (κ3) is 2.37. The molecule has 0 bridgehead atoms. The zero-order valence-electron chi connectivity index (χ0n) is 9.26. The van der Waals surface area contributed by atoms with E-state index in [2.05, 4.69) is 17.9 Å². The van der Waals surface area contributed by atoms with Crippen LogP contribution in [0.5, 0.6) is 0 Å². The van der Waals surface area contributed by atoms with E-state index in [0.717, 1.165) is 6.54 Å². The van der Waals surface area contributed by atoms with Crippen LogP contribution in [0.25, 0.3) is 0 Å². The van der Waals surface area contributed by atoms with Crippen LogP contribution in [0.4, 0.5) is 0 Å². The second kappa shape index (κ2) is 4.03. The minimum Gasteiger partial charge on any atom is -0.325 e. The molecule has 0 atom stereocenters. The van der Waals surface area contributed by atoms with Gasteiger partial charge in [-0.2, -0.15) is 0 Å². The molecule has 1 saturated carbocycles. The van der Waals surface area contributed by atoms with Crippen molar-refractivity contribution in [3.05, 3.63) is 11.6 Å². The molecule has 2 nitrogen and oxygen atoms in total. The molecule has 80 valence electrons. The largest absolute Gasteiger partial charge is 0.325 e. The summed E-state index contributed by atoms with van der Waals surface area (Å²) < 4.78 is 0. The van der Waals surface area contributed by atoms with E-state index in [-0.39, 0.29) is 5.54 Å². The fraction of sp³-hybridized carbons (Fsp3) is 0.833. The van der Waals surface area contributed by atoms with Gasteiger partial charge in [-0.3, -0.25) is 4.90 Å². The van der Waals surface area contributed by atoms with Crippen LogP contribution in [0.1, 0.15) is 39.0 Å². The SMILES string of the molecule is CC1=CCN(CCC2(N)CCC2)CC1. The molecular formula is C12H22N2. The third-order valence-corrected chi connectivity index (χ3v) is 3.80. The summed E-state index contributed by atoms with van der Waals surface area (Å²) in [5, 5.41) is 0. The van der Waals surface area contributed by atoms with Crippen molar-refractivity contribution in [3.8, 4) is 0 Å². The van der Waals surface area contributed by atoms with E-state index in [1.807, 2.05) is 0 Å². The van der Waals surface area contributed by atoms with Crippen LogP contribution < -0.4 is 5.73 Å². The number of rotatable bonds is 3. The van der Waals surface area contributed by atoms with E-state index in [4.69, 9.17) is 5.73 Å². The van der Waals surface area contributed by atoms with Crippen LogP contribution in [-0.4, -0.2) is 30.1 Å². The van der Waals surface area contributed by atoms with E-state index in [1.165, 1.54) is 45.2 Å². The summed E-state index contributed by atoms with van der Waals surface area (Å²) in [5.41, 5.74) is 7.96. The highest BCUT2D eigenvalue weighted by Crippen LogP contribution is 2.32. The predicted molar refractivity (Wildman–Crippen MR) is 60.2 cm³/mol. The average Bonchev–Trinajstić information content (AvgIpc) is 2.14. The highest BCUT2D eigenvalue weighted by Gasteiger charge is 2.32. The Bertz CT molecular complexity index is 228. The van der Waals surface area contributed by atoms with E-state index >= 15 is 0 Å². The lowest BCUT2D eigenvalue weighted by Gasteiger charge is -2.40. The van der Waals surface area contributed by atoms with E-state index in [0.29, 0.717) is 0 Å². The van der Waals surface area contributed by atoms with Crippen molar-refractivity contribution in [2.75, 3.05) is 19.6 Å². The lowest BCUT2D eigenvalue weighted by molar-refractivity contribution is 0.186. The first-order valence-electron chi connectivity index (χ1n) is 5.85. The highest BCUT2D eigenvalue weighted by atomic mass is 15.1. The van der Waals surface area contributed by atoms with Gasteiger partial charge in [0.15, 0.2) is 0 Å². The first-order chi connectivity index (χ1) is 6.68. The molecule has 0 spiro atoms. The maximum absolute atomic E-state index is 6.21. The van der Waals surface area contributed by atoms with Crippen molar-refractivity contribution in [3.63, 3.8) is 0 Å². The summed E-state index contributed by atoms with van der Waals surface area (Å²) in [5.74, 6) is 0. The fourth-order valence-corrected chi connectivity index (χ4v) is 2.28. The van der Waals surface area contributed by atoms with Gasteiger partial charge in [0.1, 0.15) is 0 Å². The molecule has 0 unspecified atom stereocenters. The third-order valence-electron chi connectivity index (χ3n) is 3.80. The maximum atomic E-state index is 6.21. The molecule has 1 heterocycles. The van der Waals surface area contributed by atoms with Crippen molar-refractivity contribution in [1.82, 2.24) is 4.90 Å². The number of hydrogen-bond donors (Lipinski definition) is 1. The van der Waals surface area contributed by atoms with E-state index < -0.39 is 0 Å². The average molecular weight is 194 g/mol. The molecule has 0 amide bonds. The molecule has 0 aromatic carbocycles. The normalized spacial score (nSPS) is 26.9. The predicted octanol–water partition coefficient (Wildman–Crippen LogP) is 1.91. The molecule has 2 N–H and O–H groups in total. The minimum atomic E-state index is 0.205. The van der Waals surface area contributed by atoms with Crippen LogP contribution in [-0.2, 0) is 0 Å². The first kappa shape index (κ1) is 10.2. The second-order valence-corrected chi connectivity index (χ2v) is 5.07. The second-order valence-electron chi connectivity index (χ2n) is 5.07.